The Labute approximate surface area is 198 Å². The first-order chi connectivity index (χ1) is 15.7. The average molecular weight is 438 g/mol. The largest absolute Gasteiger partial charge is 0.494 e. The summed E-state index contributed by atoms with van der Waals surface area (Å²) in [6, 6.07) is 12.8. The predicted molar refractivity (Wildman–Crippen MR) is 139 cm³/mol. The number of pyridine rings is 1. The molecule has 1 atom stereocenters. The topological polar surface area (TPSA) is 22.1 Å². The minimum Gasteiger partial charge on any atom is -0.494 e. The minimum atomic E-state index is 0.810. The molecule has 1 heterocycles. The Morgan fingerprint density at radius 1 is 0.719 bits per heavy atom. The van der Waals surface area contributed by atoms with Gasteiger partial charge in [0.25, 0.3) is 0 Å². The van der Waals surface area contributed by atoms with Gasteiger partial charge in [0.05, 0.1) is 12.3 Å². The zero-order valence-electron chi connectivity index (χ0n) is 21.1. The molecule has 2 aromatic rings. The Bertz CT molecular complexity index is 692. The monoisotopic (exact) mass is 437 g/mol. The Morgan fingerprint density at radius 3 is 2.06 bits per heavy atom. The van der Waals surface area contributed by atoms with E-state index in [9.17, 15) is 0 Å². The number of aromatic nitrogens is 1. The first-order valence-electron chi connectivity index (χ1n) is 13.4. The van der Waals surface area contributed by atoms with E-state index in [-0.39, 0.29) is 0 Å². The van der Waals surface area contributed by atoms with E-state index in [1.54, 1.807) is 0 Å². The van der Waals surface area contributed by atoms with E-state index in [1.165, 1.54) is 82.6 Å². The van der Waals surface area contributed by atoms with Gasteiger partial charge in [0.2, 0.25) is 0 Å². The standard InChI is InChI=1S/C30H47NO/c1-4-6-8-10-11-13-17-27-18-23-30(31-25-27)28-19-21-29(22-20-28)32-24-14-16-26(3)15-12-9-7-5-2/h18-23,25-26H,4-17,24H2,1-3H3. The molecule has 0 amide bonds. The summed E-state index contributed by atoms with van der Waals surface area (Å²) in [7, 11) is 0. The van der Waals surface area contributed by atoms with E-state index in [0.29, 0.717) is 0 Å². The Morgan fingerprint density at radius 2 is 1.38 bits per heavy atom. The molecule has 0 aliphatic heterocycles. The van der Waals surface area contributed by atoms with Crippen molar-refractivity contribution < 1.29 is 4.74 Å². The van der Waals surface area contributed by atoms with Crippen LogP contribution in [-0.4, -0.2) is 11.6 Å². The van der Waals surface area contributed by atoms with Crippen LogP contribution >= 0.6 is 0 Å². The number of nitrogens with zero attached hydrogens (tertiary/aromatic N) is 1. The van der Waals surface area contributed by atoms with Gasteiger partial charge in [-0.3, -0.25) is 4.98 Å². The van der Waals surface area contributed by atoms with Crippen molar-refractivity contribution in [1.82, 2.24) is 4.98 Å². The number of hydrogen-bond acceptors (Lipinski definition) is 2. The molecule has 0 N–H and O–H groups in total. The third-order valence-electron chi connectivity index (χ3n) is 6.45. The summed E-state index contributed by atoms with van der Waals surface area (Å²) in [5.74, 6) is 1.77. The number of aryl methyl sites for hydroxylation is 1. The fraction of sp³-hybridized carbons (Fsp3) is 0.633. The zero-order valence-corrected chi connectivity index (χ0v) is 21.1. The highest BCUT2D eigenvalue weighted by molar-refractivity contribution is 5.60. The highest BCUT2D eigenvalue weighted by Crippen LogP contribution is 2.22. The second kappa shape index (κ2) is 16.8. The molecule has 2 nitrogen and oxygen atoms in total. The molecule has 0 saturated carbocycles. The highest BCUT2D eigenvalue weighted by atomic mass is 16.5. The minimum absolute atomic E-state index is 0.810. The number of ether oxygens (including phenoxy) is 1. The SMILES string of the molecule is CCCCCCCCc1ccc(-c2ccc(OCCCC(C)CCCCCC)cc2)nc1. The van der Waals surface area contributed by atoms with E-state index < -0.39 is 0 Å². The molecule has 2 rings (SSSR count). The number of rotatable bonds is 18. The van der Waals surface area contributed by atoms with Gasteiger partial charge in [-0.05, 0) is 67.5 Å². The maximum Gasteiger partial charge on any atom is 0.119 e. The van der Waals surface area contributed by atoms with Crippen LogP contribution in [0.5, 0.6) is 5.75 Å². The van der Waals surface area contributed by atoms with Gasteiger partial charge < -0.3 is 4.74 Å². The molecule has 1 aromatic carbocycles. The molecule has 1 aromatic heterocycles. The van der Waals surface area contributed by atoms with Crippen molar-refractivity contribution in [2.45, 2.75) is 111 Å². The summed E-state index contributed by atoms with van der Waals surface area (Å²) in [5.41, 5.74) is 3.55. The molecule has 0 bridgehead atoms. The van der Waals surface area contributed by atoms with E-state index in [0.717, 1.165) is 42.4 Å². The molecule has 1 unspecified atom stereocenters. The third-order valence-corrected chi connectivity index (χ3v) is 6.45. The maximum atomic E-state index is 5.97. The molecular weight excluding hydrogens is 390 g/mol. The average Bonchev–Trinajstić information content (AvgIpc) is 2.83. The van der Waals surface area contributed by atoms with E-state index in [1.807, 2.05) is 0 Å². The number of benzene rings is 1. The quantitative estimate of drug-likeness (QED) is 0.217. The van der Waals surface area contributed by atoms with Gasteiger partial charge in [0, 0.05) is 11.8 Å². The van der Waals surface area contributed by atoms with Gasteiger partial charge in [-0.1, -0.05) is 91.0 Å². The van der Waals surface area contributed by atoms with Gasteiger partial charge >= 0.3 is 0 Å². The zero-order chi connectivity index (χ0) is 22.9. The Hall–Kier alpha value is -1.83. The molecule has 0 aliphatic carbocycles. The fourth-order valence-corrected chi connectivity index (χ4v) is 4.26. The van der Waals surface area contributed by atoms with Gasteiger partial charge in [-0.25, -0.2) is 0 Å². The number of hydrogen-bond donors (Lipinski definition) is 0. The van der Waals surface area contributed by atoms with Gasteiger partial charge in [0.15, 0.2) is 0 Å². The van der Waals surface area contributed by atoms with Crippen LogP contribution in [0.15, 0.2) is 42.6 Å². The van der Waals surface area contributed by atoms with Crippen LogP contribution in [0.3, 0.4) is 0 Å². The molecule has 0 spiro atoms. The second-order valence-corrected chi connectivity index (χ2v) is 9.54. The molecule has 0 saturated heterocycles. The van der Waals surface area contributed by atoms with Crippen LogP contribution in [-0.2, 0) is 6.42 Å². The predicted octanol–water partition coefficient (Wildman–Crippen LogP) is 9.42. The maximum absolute atomic E-state index is 5.97. The van der Waals surface area contributed by atoms with E-state index in [2.05, 4.69) is 63.4 Å². The lowest BCUT2D eigenvalue weighted by molar-refractivity contribution is 0.291. The number of unbranched alkanes of at least 4 members (excludes halogenated alkanes) is 8. The van der Waals surface area contributed by atoms with Crippen LogP contribution in [0.1, 0.15) is 110 Å². The fourth-order valence-electron chi connectivity index (χ4n) is 4.26. The van der Waals surface area contributed by atoms with E-state index in [4.69, 9.17) is 9.72 Å². The smallest absolute Gasteiger partial charge is 0.119 e. The van der Waals surface area contributed by atoms with Crippen molar-refractivity contribution in [2.24, 2.45) is 5.92 Å². The van der Waals surface area contributed by atoms with Crippen LogP contribution in [0, 0.1) is 5.92 Å². The molecule has 2 heteroatoms. The van der Waals surface area contributed by atoms with Crippen LogP contribution < -0.4 is 4.74 Å². The van der Waals surface area contributed by atoms with Gasteiger partial charge in [-0.2, -0.15) is 0 Å². The summed E-state index contributed by atoms with van der Waals surface area (Å²) in [5, 5.41) is 0. The second-order valence-electron chi connectivity index (χ2n) is 9.54. The van der Waals surface area contributed by atoms with Gasteiger partial charge in [-0.15, -0.1) is 0 Å². The molecular formula is C30H47NO. The lowest BCUT2D eigenvalue weighted by Crippen LogP contribution is -2.02. The molecule has 0 aliphatic rings. The van der Waals surface area contributed by atoms with Crippen molar-refractivity contribution in [3.8, 4) is 17.0 Å². The van der Waals surface area contributed by atoms with Crippen LogP contribution in [0.25, 0.3) is 11.3 Å². The van der Waals surface area contributed by atoms with E-state index >= 15 is 0 Å². The first kappa shape index (κ1) is 26.4. The lowest BCUT2D eigenvalue weighted by atomic mass is 9.98. The Kier molecular flexibility index (Phi) is 13.8. The summed E-state index contributed by atoms with van der Waals surface area (Å²) < 4.78 is 5.97. The van der Waals surface area contributed by atoms with Crippen molar-refractivity contribution in [1.29, 1.82) is 0 Å². The van der Waals surface area contributed by atoms with Crippen molar-refractivity contribution in [3.05, 3.63) is 48.2 Å². The van der Waals surface area contributed by atoms with Crippen LogP contribution in [0.2, 0.25) is 0 Å². The summed E-state index contributed by atoms with van der Waals surface area (Å²) in [6.45, 7) is 7.74. The van der Waals surface area contributed by atoms with Gasteiger partial charge in [0.1, 0.15) is 5.75 Å². The molecule has 0 radical (unpaired) electrons. The molecule has 178 valence electrons. The lowest BCUT2D eigenvalue weighted by Gasteiger charge is -2.12. The third kappa shape index (κ3) is 11.2. The first-order valence-corrected chi connectivity index (χ1v) is 13.4. The summed E-state index contributed by atoms with van der Waals surface area (Å²) >= 11 is 0. The highest BCUT2D eigenvalue weighted by Gasteiger charge is 2.04. The normalized spacial score (nSPS) is 12.1. The Balaban J connectivity index is 1.65. The molecule has 32 heavy (non-hydrogen) atoms. The summed E-state index contributed by atoms with van der Waals surface area (Å²) in [4.78, 5) is 4.70. The van der Waals surface area contributed by atoms with Crippen molar-refractivity contribution in [2.75, 3.05) is 6.61 Å². The summed E-state index contributed by atoms with van der Waals surface area (Å²) in [6.07, 6.45) is 20.5. The van der Waals surface area contributed by atoms with Crippen LogP contribution in [0.4, 0.5) is 0 Å². The molecule has 0 fully saturated rings. The van der Waals surface area contributed by atoms with Crippen molar-refractivity contribution >= 4 is 0 Å². The van der Waals surface area contributed by atoms with Crippen molar-refractivity contribution in [3.63, 3.8) is 0 Å².